The third-order valence-electron chi connectivity index (χ3n) is 1.63. The fraction of sp³-hybridized carbons (Fsp3) is 0.889. The highest BCUT2D eigenvalue weighted by atomic mass is 16.5. The third kappa shape index (κ3) is 7.74. The van der Waals surface area contributed by atoms with Gasteiger partial charge in [-0.25, -0.2) is 0 Å². The molecule has 0 aromatic carbocycles. The van der Waals surface area contributed by atoms with Gasteiger partial charge in [-0.3, -0.25) is 4.79 Å². The van der Waals surface area contributed by atoms with Crippen LogP contribution in [-0.2, 0) is 9.53 Å². The van der Waals surface area contributed by atoms with Crippen molar-refractivity contribution in [3.63, 3.8) is 0 Å². The average Bonchev–Trinajstić information content (AvgIpc) is 2.05. The molecule has 4 heteroatoms. The molecule has 0 heterocycles. The summed E-state index contributed by atoms with van der Waals surface area (Å²) in [6, 6.07) is 0. The van der Waals surface area contributed by atoms with Crippen molar-refractivity contribution in [2.75, 3.05) is 13.2 Å². The van der Waals surface area contributed by atoms with Crippen molar-refractivity contribution in [1.82, 2.24) is 0 Å². The van der Waals surface area contributed by atoms with E-state index < -0.39 is 6.10 Å². The van der Waals surface area contributed by atoms with Gasteiger partial charge < -0.3 is 14.9 Å². The summed E-state index contributed by atoms with van der Waals surface area (Å²) in [5, 5.41) is 17.6. The number of rotatable bonds is 7. The van der Waals surface area contributed by atoms with Crippen LogP contribution in [0.2, 0.25) is 0 Å². The molecule has 13 heavy (non-hydrogen) atoms. The predicted octanol–water partition coefficient (Wildman–Crippen LogP) is 0.463. The van der Waals surface area contributed by atoms with Crippen LogP contribution in [-0.4, -0.2) is 35.5 Å². The molecule has 0 aromatic rings. The summed E-state index contributed by atoms with van der Waals surface area (Å²) in [6.07, 6.45) is 1.37. The van der Waals surface area contributed by atoms with E-state index in [1.165, 1.54) is 0 Å². The van der Waals surface area contributed by atoms with Crippen LogP contribution in [0, 0.1) is 0 Å². The van der Waals surface area contributed by atoms with E-state index in [9.17, 15) is 4.79 Å². The quantitative estimate of drug-likeness (QED) is 0.572. The lowest BCUT2D eigenvalue weighted by atomic mass is 10.2. The molecular weight excluding hydrogens is 172 g/mol. The molecular formula is C9H18O4. The third-order valence-corrected chi connectivity index (χ3v) is 1.63. The summed E-state index contributed by atoms with van der Waals surface area (Å²) in [6.45, 7) is 2.10. The second-order valence-electron chi connectivity index (χ2n) is 2.93. The van der Waals surface area contributed by atoms with Gasteiger partial charge >= 0.3 is 5.97 Å². The number of aliphatic hydroxyl groups excluding tert-OH is 2. The minimum absolute atomic E-state index is 0.0376. The van der Waals surface area contributed by atoms with Gasteiger partial charge in [0.15, 0.2) is 0 Å². The molecule has 0 unspecified atom stereocenters. The van der Waals surface area contributed by atoms with Gasteiger partial charge in [-0.1, -0.05) is 6.92 Å². The minimum atomic E-state index is -0.570. The number of ether oxygens (including phenoxy) is 1. The van der Waals surface area contributed by atoms with Crippen LogP contribution in [0.1, 0.15) is 32.6 Å². The summed E-state index contributed by atoms with van der Waals surface area (Å²) in [7, 11) is 0. The fourth-order valence-electron chi connectivity index (χ4n) is 0.878. The van der Waals surface area contributed by atoms with E-state index >= 15 is 0 Å². The summed E-state index contributed by atoms with van der Waals surface area (Å²) in [4.78, 5) is 10.8. The lowest BCUT2D eigenvalue weighted by Gasteiger charge is -2.08. The van der Waals surface area contributed by atoms with Gasteiger partial charge in [0.2, 0.25) is 0 Å². The molecule has 2 N–H and O–H groups in total. The summed E-state index contributed by atoms with van der Waals surface area (Å²) >= 11 is 0. The van der Waals surface area contributed by atoms with Crippen LogP contribution in [0.5, 0.6) is 0 Å². The van der Waals surface area contributed by atoms with E-state index in [1.807, 2.05) is 6.92 Å². The Hall–Kier alpha value is -0.610. The molecule has 0 saturated carbocycles. The van der Waals surface area contributed by atoms with Crippen molar-refractivity contribution in [1.29, 1.82) is 0 Å². The van der Waals surface area contributed by atoms with Gasteiger partial charge in [0.25, 0.3) is 0 Å². The van der Waals surface area contributed by atoms with Gasteiger partial charge in [0, 0.05) is 19.4 Å². The summed E-state index contributed by atoms with van der Waals surface area (Å²) < 4.78 is 4.82. The Morgan fingerprint density at radius 1 is 1.46 bits per heavy atom. The lowest BCUT2D eigenvalue weighted by Crippen LogP contribution is -2.14. The van der Waals surface area contributed by atoms with E-state index in [0.29, 0.717) is 19.3 Å². The Bertz CT molecular complexity index is 136. The lowest BCUT2D eigenvalue weighted by molar-refractivity contribution is -0.144. The van der Waals surface area contributed by atoms with E-state index in [2.05, 4.69) is 0 Å². The summed E-state index contributed by atoms with van der Waals surface area (Å²) in [5.41, 5.74) is 0. The maximum Gasteiger partial charge on any atom is 0.305 e. The first-order chi connectivity index (χ1) is 6.20. The maximum absolute atomic E-state index is 10.8. The Morgan fingerprint density at radius 2 is 2.15 bits per heavy atom. The first kappa shape index (κ1) is 12.4. The second kappa shape index (κ2) is 8.01. The van der Waals surface area contributed by atoms with Crippen LogP contribution in [0.3, 0.4) is 0 Å². The number of hydrogen-bond acceptors (Lipinski definition) is 4. The normalized spacial score (nSPS) is 12.5. The second-order valence-corrected chi connectivity index (χ2v) is 2.93. The van der Waals surface area contributed by atoms with Crippen LogP contribution in [0.25, 0.3) is 0 Å². The SMILES string of the molecule is CCCC(=O)OCC[C@H](O)CCO. The number of esters is 1. The molecule has 0 fully saturated rings. The Morgan fingerprint density at radius 3 is 2.69 bits per heavy atom. The fourth-order valence-corrected chi connectivity index (χ4v) is 0.878. The standard InChI is InChI=1S/C9H18O4/c1-2-3-9(12)13-7-5-8(11)4-6-10/h8,10-11H,2-7H2,1H3/t8-/m1/s1. The molecule has 1 atom stereocenters. The van der Waals surface area contributed by atoms with Crippen LogP contribution >= 0.6 is 0 Å². The van der Waals surface area contributed by atoms with E-state index in [0.717, 1.165) is 6.42 Å². The molecule has 0 aliphatic heterocycles. The Balaban J connectivity index is 3.28. The highest BCUT2D eigenvalue weighted by Crippen LogP contribution is 1.99. The van der Waals surface area contributed by atoms with Crippen molar-refractivity contribution in [3.8, 4) is 0 Å². The van der Waals surface area contributed by atoms with Crippen molar-refractivity contribution < 1.29 is 19.7 Å². The zero-order chi connectivity index (χ0) is 10.1. The highest BCUT2D eigenvalue weighted by molar-refractivity contribution is 5.69. The van der Waals surface area contributed by atoms with Gasteiger partial charge in [-0.2, -0.15) is 0 Å². The van der Waals surface area contributed by atoms with Crippen molar-refractivity contribution in [2.45, 2.75) is 38.7 Å². The predicted molar refractivity (Wildman–Crippen MR) is 48.2 cm³/mol. The van der Waals surface area contributed by atoms with Crippen LogP contribution in [0.4, 0.5) is 0 Å². The summed E-state index contributed by atoms with van der Waals surface area (Å²) in [5.74, 6) is -0.223. The van der Waals surface area contributed by atoms with Crippen molar-refractivity contribution >= 4 is 5.97 Å². The average molecular weight is 190 g/mol. The minimum Gasteiger partial charge on any atom is -0.466 e. The van der Waals surface area contributed by atoms with Crippen molar-refractivity contribution in [2.24, 2.45) is 0 Å². The first-order valence-electron chi connectivity index (χ1n) is 4.65. The molecule has 0 aliphatic rings. The van der Waals surface area contributed by atoms with Crippen LogP contribution < -0.4 is 0 Å². The molecule has 0 aliphatic carbocycles. The number of carbonyl (C=O) groups is 1. The first-order valence-corrected chi connectivity index (χ1v) is 4.65. The smallest absolute Gasteiger partial charge is 0.305 e. The maximum atomic E-state index is 10.8. The molecule has 0 spiro atoms. The van der Waals surface area contributed by atoms with Gasteiger partial charge in [-0.05, 0) is 12.8 Å². The molecule has 0 rings (SSSR count). The molecule has 78 valence electrons. The Labute approximate surface area is 78.5 Å². The van der Waals surface area contributed by atoms with Gasteiger partial charge in [0.1, 0.15) is 0 Å². The van der Waals surface area contributed by atoms with Crippen molar-refractivity contribution in [3.05, 3.63) is 0 Å². The molecule has 0 bridgehead atoms. The van der Waals surface area contributed by atoms with Gasteiger partial charge in [-0.15, -0.1) is 0 Å². The molecule has 0 saturated heterocycles. The largest absolute Gasteiger partial charge is 0.466 e. The number of hydrogen-bond donors (Lipinski definition) is 2. The number of aliphatic hydroxyl groups is 2. The monoisotopic (exact) mass is 190 g/mol. The highest BCUT2D eigenvalue weighted by Gasteiger charge is 2.05. The van der Waals surface area contributed by atoms with Gasteiger partial charge in [0.05, 0.1) is 12.7 Å². The zero-order valence-corrected chi connectivity index (χ0v) is 8.03. The molecule has 0 radical (unpaired) electrons. The molecule has 4 nitrogen and oxygen atoms in total. The molecule has 0 aromatic heterocycles. The van der Waals surface area contributed by atoms with Crippen LogP contribution in [0.15, 0.2) is 0 Å². The number of carbonyl (C=O) groups excluding carboxylic acids is 1. The Kier molecular flexibility index (Phi) is 7.63. The topological polar surface area (TPSA) is 66.8 Å². The van der Waals surface area contributed by atoms with E-state index in [1.54, 1.807) is 0 Å². The van der Waals surface area contributed by atoms with E-state index in [4.69, 9.17) is 14.9 Å². The zero-order valence-electron chi connectivity index (χ0n) is 8.03. The van der Waals surface area contributed by atoms with E-state index in [-0.39, 0.29) is 19.2 Å². The molecule has 0 amide bonds.